The number of benzene rings is 1. The summed E-state index contributed by atoms with van der Waals surface area (Å²) in [4.78, 5) is 13.3. The molecule has 3 heterocycles. The Kier molecular flexibility index (Phi) is 8.59. The molecule has 8 nitrogen and oxygen atoms in total. The molecule has 1 aromatic rings. The molecule has 1 N–H and O–H groups in total. The van der Waals surface area contributed by atoms with Crippen molar-refractivity contribution in [3.63, 3.8) is 0 Å². The van der Waals surface area contributed by atoms with Gasteiger partial charge in [-0.05, 0) is 107 Å². The molecular formula is C29H45B3F3NO7. The van der Waals surface area contributed by atoms with Crippen LogP contribution in [0.15, 0.2) is 24.3 Å². The molecule has 0 aliphatic carbocycles. The lowest BCUT2D eigenvalue weighted by atomic mass is 9.40. The van der Waals surface area contributed by atoms with Crippen molar-refractivity contribution in [2.75, 3.05) is 6.54 Å². The van der Waals surface area contributed by atoms with Crippen molar-refractivity contribution in [1.29, 1.82) is 0 Å². The smallest absolute Gasteiger partial charge is 0.403 e. The number of carbonyl (C=O) groups excluding carboxylic acids is 1. The summed E-state index contributed by atoms with van der Waals surface area (Å²) >= 11 is 0. The summed E-state index contributed by atoms with van der Waals surface area (Å²) in [6.07, 6.45) is -4.50. The standard InChI is InChI=1S/C29H45B3F3NO7/c1-23(2)24(3,4)39-30(38-23)20(17-36-22(37)18-13-15-19(16-14-18)29(33,34)35)21(31-40-25(5,6)26(7,8)41-31)32-42-27(9,10)28(11,12)43-32/h13-16,20-21H,17H2,1-12H3,(H,36,37). The number of hydrogen-bond donors (Lipinski definition) is 1. The summed E-state index contributed by atoms with van der Waals surface area (Å²) in [7, 11) is -2.49. The zero-order chi connectivity index (χ0) is 32.6. The first kappa shape index (κ1) is 34.3. The van der Waals surface area contributed by atoms with Crippen molar-refractivity contribution in [3.05, 3.63) is 35.4 Å². The van der Waals surface area contributed by atoms with E-state index in [1.54, 1.807) is 0 Å². The molecule has 1 aromatic carbocycles. The second-order valence-corrected chi connectivity index (χ2v) is 14.9. The van der Waals surface area contributed by atoms with E-state index in [1.807, 2.05) is 83.1 Å². The Morgan fingerprint density at radius 1 is 0.651 bits per heavy atom. The maximum Gasteiger partial charge on any atom is 0.462 e. The predicted molar refractivity (Wildman–Crippen MR) is 160 cm³/mol. The highest BCUT2D eigenvalue weighted by Crippen LogP contribution is 2.52. The van der Waals surface area contributed by atoms with Gasteiger partial charge >= 0.3 is 27.5 Å². The normalized spacial score (nSPS) is 25.8. The Morgan fingerprint density at radius 2 is 0.977 bits per heavy atom. The van der Waals surface area contributed by atoms with Crippen LogP contribution in [0, 0.1) is 0 Å². The van der Waals surface area contributed by atoms with Crippen LogP contribution in [0.4, 0.5) is 13.2 Å². The highest BCUT2D eigenvalue weighted by atomic mass is 19.4. The van der Waals surface area contributed by atoms with Crippen LogP contribution in [-0.2, 0) is 34.1 Å². The van der Waals surface area contributed by atoms with E-state index in [2.05, 4.69) is 5.32 Å². The monoisotopic (exact) mass is 609 g/mol. The second-order valence-electron chi connectivity index (χ2n) is 14.9. The number of alkyl halides is 3. The molecule has 238 valence electrons. The maximum absolute atomic E-state index is 13.3. The molecule has 3 saturated heterocycles. The third kappa shape index (κ3) is 6.42. The lowest BCUT2D eigenvalue weighted by Crippen LogP contribution is -2.49. The summed E-state index contributed by atoms with van der Waals surface area (Å²) in [6.45, 7) is 23.3. The van der Waals surface area contributed by atoms with Gasteiger partial charge in [-0.25, -0.2) is 0 Å². The van der Waals surface area contributed by atoms with Gasteiger partial charge in [-0.3, -0.25) is 4.79 Å². The van der Waals surface area contributed by atoms with Crippen molar-refractivity contribution in [3.8, 4) is 0 Å². The fourth-order valence-corrected chi connectivity index (χ4v) is 5.22. The van der Waals surface area contributed by atoms with E-state index in [-0.39, 0.29) is 12.1 Å². The lowest BCUT2D eigenvalue weighted by Gasteiger charge is -2.32. The minimum absolute atomic E-state index is 0.00943. The zero-order valence-corrected chi connectivity index (χ0v) is 27.4. The molecule has 43 heavy (non-hydrogen) atoms. The van der Waals surface area contributed by atoms with Crippen LogP contribution in [0.2, 0.25) is 11.5 Å². The van der Waals surface area contributed by atoms with Crippen LogP contribution in [0.5, 0.6) is 0 Å². The molecule has 3 fully saturated rings. The van der Waals surface area contributed by atoms with Gasteiger partial charge in [-0.15, -0.1) is 0 Å². The largest absolute Gasteiger partial charge is 0.462 e. The van der Waals surface area contributed by atoms with E-state index in [1.165, 1.54) is 0 Å². The Labute approximate surface area is 254 Å². The third-order valence-electron chi connectivity index (χ3n) is 10.3. The molecular weight excluding hydrogens is 564 g/mol. The molecule has 3 aliphatic heterocycles. The number of halogens is 3. The Morgan fingerprint density at radius 3 is 1.30 bits per heavy atom. The third-order valence-corrected chi connectivity index (χ3v) is 10.3. The molecule has 0 bridgehead atoms. The Bertz CT molecular complexity index is 1120. The lowest BCUT2D eigenvalue weighted by molar-refractivity contribution is -0.137. The van der Waals surface area contributed by atoms with Crippen LogP contribution >= 0.6 is 0 Å². The van der Waals surface area contributed by atoms with Crippen LogP contribution in [0.1, 0.15) is 99.0 Å². The summed E-state index contributed by atoms with van der Waals surface area (Å²) in [5.41, 5.74) is -5.48. The average Bonchev–Trinajstić information content (AvgIpc) is 3.28. The van der Waals surface area contributed by atoms with Gasteiger partial charge in [0, 0.05) is 23.6 Å². The van der Waals surface area contributed by atoms with Gasteiger partial charge in [0.25, 0.3) is 5.91 Å². The maximum atomic E-state index is 13.3. The van der Waals surface area contributed by atoms with Gasteiger partial charge in [-0.2, -0.15) is 13.2 Å². The molecule has 4 rings (SSSR count). The quantitative estimate of drug-likeness (QED) is 0.381. The van der Waals surface area contributed by atoms with Gasteiger partial charge in [0.15, 0.2) is 0 Å². The highest BCUT2D eigenvalue weighted by molar-refractivity contribution is 6.71. The Hall–Kier alpha value is -1.57. The van der Waals surface area contributed by atoms with Crippen molar-refractivity contribution >= 4 is 27.3 Å². The summed E-state index contributed by atoms with van der Waals surface area (Å²) < 4.78 is 78.5. The SMILES string of the molecule is CC1(C)OB(C(CNC(=O)c2ccc(C(F)(F)F)cc2)C(B2OC(C)(C)C(C)(C)O2)B2OC(C)(C)C(C)(C)O2)OC1(C)C. The van der Waals surface area contributed by atoms with Crippen LogP contribution in [-0.4, -0.2) is 67.4 Å². The molecule has 1 unspecified atom stereocenters. The topological polar surface area (TPSA) is 84.5 Å². The van der Waals surface area contributed by atoms with Crippen molar-refractivity contribution in [1.82, 2.24) is 5.32 Å². The van der Waals surface area contributed by atoms with Gasteiger partial charge in [0.1, 0.15) is 0 Å². The van der Waals surface area contributed by atoms with E-state index in [4.69, 9.17) is 27.9 Å². The fraction of sp³-hybridized carbons (Fsp3) is 0.759. The number of amides is 1. The molecule has 0 radical (unpaired) electrons. The first-order valence-electron chi connectivity index (χ1n) is 14.8. The minimum atomic E-state index is -4.50. The molecule has 14 heteroatoms. The first-order chi connectivity index (χ1) is 19.3. The molecule has 0 spiro atoms. The molecule has 0 saturated carbocycles. The second kappa shape index (κ2) is 10.8. The Balaban J connectivity index is 1.71. The van der Waals surface area contributed by atoms with Gasteiger partial charge in [0.05, 0.1) is 39.2 Å². The van der Waals surface area contributed by atoms with Crippen molar-refractivity contribution in [2.45, 2.75) is 134 Å². The fourth-order valence-electron chi connectivity index (χ4n) is 5.22. The predicted octanol–water partition coefficient (Wildman–Crippen LogP) is 5.99. The van der Waals surface area contributed by atoms with Gasteiger partial charge < -0.3 is 33.2 Å². The number of hydrogen-bond acceptors (Lipinski definition) is 7. The molecule has 1 atom stereocenters. The molecule has 1 amide bonds. The van der Waals surface area contributed by atoms with Gasteiger partial charge in [-0.1, -0.05) is 0 Å². The molecule has 0 aromatic heterocycles. The highest BCUT2D eigenvalue weighted by Gasteiger charge is 2.67. The summed E-state index contributed by atoms with van der Waals surface area (Å²) in [5, 5.41) is 2.90. The number of nitrogens with one attached hydrogen (secondary N) is 1. The van der Waals surface area contributed by atoms with E-state index >= 15 is 0 Å². The number of rotatable bonds is 7. The van der Waals surface area contributed by atoms with E-state index < -0.39 is 84.1 Å². The van der Waals surface area contributed by atoms with Crippen LogP contribution in [0.3, 0.4) is 0 Å². The molecule has 3 aliphatic rings. The minimum Gasteiger partial charge on any atom is -0.403 e. The van der Waals surface area contributed by atoms with Crippen LogP contribution in [0.25, 0.3) is 0 Å². The number of carbonyl (C=O) groups is 1. The zero-order valence-electron chi connectivity index (χ0n) is 27.4. The van der Waals surface area contributed by atoms with Crippen molar-refractivity contribution in [2.24, 2.45) is 0 Å². The average molecular weight is 609 g/mol. The summed E-state index contributed by atoms with van der Waals surface area (Å²) in [5.74, 6) is -1.17. The van der Waals surface area contributed by atoms with E-state index in [0.29, 0.717) is 0 Å². The van der Waals surface area contributed by atoms with E-state index in [0.717, 1.165) is 24.3 Å². The van der Waals surface area contributed by atoms with E-state index in [9.17, 15) is 18.0 Å². The first-order valence-corrected chi connectivity index (χ1v) is 14.8. The van der Waals surface area contributed by atoms with Gasteiger partial charge in [0.2, 0.25) is 0 Å². The summed E-state index contributed by atoms with van der Waals surface area (Å²) in [6, 6.07) is 4.08. The van der Waals surface area contributed by atoms with Crippen molar-refractivity contribution < 1.29 is 45.9 Å². The van der Waals surface area contributed by atoms with Crippen LogP contribution < -0.4 is 5.32 Å².